The molecule has 0 spiro atoms. The SMILES string of the molecule is CC(C)c1cc(-c2[c-]cccc2)ncc1[Si](C)(C)C.Cc1ccc2c(n1)oc1c(-c3cc(CC4CCCC4)ccn3)[c-]cc(-c3ccccc3)c12.[Ir]. The summed E-state index contributed by atoms with van der Waals surface area (Å²) in [5.41, 5.74) is 11.4. The van der Waals surface area contributed by atoms with Crippen molar-refractivity contribution in [2.24, 2.45) is 5.92 Å². The van der Waals surface area contributed by atoms with Crippen LogP contribution in [0.3, 0.4) is 0 Å². The number of fused-ring (bicyclic) bond motifs is 3. The minimum Gasteiger partial charge on any atom is -0.486 e. The number of benzene rings is 3. The van der Waals surface area contributed by atoms with Gasteiger partial charge >= 0.3 is 0 Å². The van der Waals surface area contributed by atoms with Crippen LogP contribution in [0.15, 0.2) is 108 Å². The number of aryl methyl sites for hydroxylation is 1. The van der Waals surface area contributed by atoms with Crippen molar-refractivity contribution in [3.8, 4) is 33.6 Å². The Morgan fingerprint density at radius 3 is 2.35 bits per heavy atom. The Morgan fingerprint density at radius 1 is 0.865 bits per heavy atom. The van der Waals surface area contributed by atoms with Gasteiger partial charge in [-0.1, -0.05) is 129 Å². The maximum Gasteiger partial charge on any atom is 0.216 e. The Morgan fingerprint density at radius 2 is 1.63 bits per heavy atom. The van der Waals surface area contributed by atoms with Crippen LogP contribution in [0, 0.1) is 25.0 Å². The van der Waals surface area contributed by atoms with Crippen LogP contribution < -0.4 is 5.19 Å². The molecule has 1 radical (unpaired) electrons. The van der Waals surface area contributed by atoms with Crippen LogP contribution in [-0.4, -0.2) is 23.0 Å². The first-order valence-electron chi connectivity index (χ1n) is 18.4. The summed E-state index contributed by atoms with van der Waals surface area (Å²) >= 11 is 0. The Hall–Kier alpha value is -4.22. The average Bonchev–Trinajstić information content (AvgIpc) is 3.79. The molecule has 4 aromatic heterocycles. The molecule has 0 N–H and O–H groups in total. The first-order chi connectivity index (χ1) is 24.7. The number of nitrogens with zero attached hydrogens (tertiary/aromatic N) is 3. The maximum absolute atomic E-state index is 6.37. The Bertz CT molecular complexity index is 2270. The van der Waals surface area contributed by atoms with E-state index in [-0.39, 0.29) is 20.1 Å². The first-order valence-corrected chi connectivity index (χ1v) is 21.9. The zero-order valence-corrected chi connectivity index (χ0v) is 34.5. The molecule has 8 rings (SSSR count). The van der Waals surface area contributed by atoms with Gasteiger partial charge in [-0.3, -0.25) is 0 Å². The summed E-state index contributed by atoms with van der Waals surface area (Å²) in [4.78, 5) is 14.0. The van der Waals surface area contributed by atoms with Gasteiger partial charge in [-0.05, 0) is 65.3 Å². The van der Waals surface area contributed by atoms with Gasteiger partial charge in [0.25, 0.3) is 0 Å². The third-order valence-electron chi connectivity index (χ3n) is 10.1. The van der Waals surface area contributed by atoms with Crippen molar-refractivity contribution in [3.63, 3.8) is 0 Å². The van der Waals surface area contributed by atoms with E-state index in [0.29, 0.717) is 11.6 Å². The molecule has 1 fully saturated rings. The predicted octanol–water partition coefficient (Wildman–Crippen LogP) is 11.8. The largest absolute Gasteiger partial charge is 0.486 e. The van der Waals surface area contributed by atoms with E-state index in [2.05, 4.69) is 122 Å². The standard InChI is InChI=1S/C29H25N2O.C17H22NSi.Ir/c1-19-11-12-25-27-23(22-9-3-2-4-10-22)13-14-24(28(27)32-29(25)31-19)26-18-21(15-16-30-26)17-20-7-5-6-8-20;1-13(2)15-11-16(14-9-7-6-8-10-14)18-12-17(15)19(3,4)5;/h2-4,9-13,15-16,18,20H,5-8,17H2,1H3;6-9,11-13H,1-5H3;/q2*-1;. The molecule has 267 valence electrons. The van der Waals surface area contributed by atoms with Gasteiger partial charge in [-0.2, -0.15) is 0 Å². The van der Waals surface area contributed by atoms with E-state index < -0.39 is 8.07 Å². The van der Waals surface area contributed by atoms with E-state index in [9.17, 15) is 0 Å². The summed E-state index contributed by atoms with van der Waals surface area (Å²) in [6.45, 7) is 13.7. The van der Waals surface area contributed by atoms with E-state index in [4.69, 9.17) is 9.40 Å². The van der Waals surface area contributed by atoms with Gasteiger partial charge in [0.1, 0.15) is 0 Å². The van der Waals surface area contributed by atoms with Gasteiger partial charge in [0.05, 0.1) is 13.7 Å². The van der Waals surface area contributed by atoms with E-state index >= 15 is 0 Å². The number of hydrogen-bond acceptors (Lipinski definition) is 4. The minimum atomic E-state index is -1.34. The molecule has 0 bridgehead atoms. The van der Waals surface area contributed by atoms with Crippen LogP contribution in [-0.2, 0) is 26.5 Å². The molecule has 7 aromatic rings. The second kappa shape index (κ2) is 16.2. The fourth-order valence-corrected chi connectivity index (χ4v) is 9.07. The molecule has 0 saturated heterocycles. The fourth-order valence-electron chi connectivity index (χ4n) is 7.39. The van der Waals surface area contributed by atoms with Crippen LogP contribution >= 0.6 is 0 Å². The van der Waals surface area contributed by atoms with Gasteiger partial charge < -0.3 is 14.4 Å². The summed E-state index contributed by atoms with van der Waals surface area (Å²) in [6.07, 6.45) is 10.6. The molecule has 0 aliphatic heterocycles. The molecule has 4 heterocycles. The summed E-state index contributed by atoms with van der Waals surface area (Å²) in [5, 5.41) is 3.58. The van der Waals surface area contributed by atoms with Crippen molar-refractivity contribution in [2.45, 2.75) is 78.4 Å². The van der Waals surface area contributed by atoms with Gasteiger partial charge in [0, 0.05) is 43.6 Å². The molecule has 0 atom stereocenters. The van der Waals surface area contributed by atoms with Crippen LogP contribution in [0.4, 0.5) is 0 Å². The molecule has 1 aliphatic carbocycles. The smallest absolute Gasteiger partial charge is 0.216 e. The Labute approximate surface area is 323 Å². The summed E-state index contributed by atoms with van der Waals surface area (Å²) in [6, 6.07) is 38.1. The minimum absolute atomic E-state index is 0. The van der Waals surface area contributed by atoms with Gasteiger partial charge in [-0.15, -0.1) is 48.0 Å². The van der Waals surface area contributed by atoms with Crippen LogP contribution in [0.2, 0.25) is 19.6 Å². The third kappa shape index (κ3) is 8.20. The van der Waals surface area contributed by atoms with Crippen molar-refractivity contribution in [2.75, 3.05) is 0 Å². The summed E-state index contributed by atoms with van der Waals surface area (Å²) < 4.78 is 6.37. The average molecular weight is 878 g/mol. The topological polar surface area (TPSA) is 51.8 Å². The third-order valence-corrected chi connectivity index (χ3v) is 12.1. The molecule has 52 heavy (non-hydrogen) atoms. The molecular formula is C46H47IrN3OSi-2. The van der Waals surface area contributed by atoms with Crippen molar-refractivity contribution in [1.82, 2.24) is 15.0 Å². The quantitative estimate of drug-likeness (QED) is 0.118. The van der Waals surface area contributed by atoms with Crippen molar-refractivity contribution >= 4 is 35.3 Å². The molecule has 6 heteroatoms. The van der Waals surface area contributed by atoms with Crippen LogP contribution in [0.5, 0.6) is 0 Å². The van der Waals surface area contributed by atoms with Crippen molar-refractivity contribution in [1.29, 1.82) is 0 Å². The molecule has 0 amide bonds. The van der Waals surface area contributed by atoms with Crippen LogP contribution in [0.1, 0.15) is 62.3 Å². The van der Waals surface area contributed by atoms with Crippen LogP contribution in [0.25, 0.3) is 55.7 Å². The van der Waals surface area contributed by atoms with E-state index in [1.54, 1.807) is 0 Å². The fraction of sp³-hybridized carbons (Fsp3) is 0.283. The molecule has 1 saturated carbocycles. The summed E-state index contributed by atoms with van der Waals surface area (Å²) in [5.74, 6) is 1.33. The molecule has 0 unspecified atom stereocenters. The predicted molar refractivity (Wildman–Crippen MR) is 215 cm³/mol. The summed E-state index contributed by atoms with van der Waals surface area (Å²) in [7, 11) is -1.34. The number of hydrogen-bond donors (Lipinski definition) is 0. The van der Waals surface area contributed by atoms with E-state index in [0.717, 1.165) is 68.0 Å². The molecule has 4 nitrogen and oxygen atoms in total. The second-order valence-electron chi connectivity index (χ2n) is 15.3. The second-order valence-corrected chi connectivity index (χ2v) is 20.3. The van der Waals surface area contributed by atoms with E-state index in [1.165, 1.54) is 42.0 Å². The number of aromatic nitrogens is 3. The molecular weight excluding hydrogens is 831 g/mol. The Balaban J connectivity index is 0.000000200. The van der Waals surface area contributed by atoms with E-state index in [1.807, 2.05) is 43.5 Å². The van der Waals surface area contributed by atoms with Gasteiger partial charge in [0.2, 0.25) is 5.71 Å². The zero-order valence-electron chi connectivity index (χ0n) is 31.1. The van der Waals surface area contributed by atoms with Crippen molar-refractivity contribution < 1.29 is 24.5 Å². The molecule has 1 aliphatic rings. The van der Waals surface area contributed by atoms with Crippen molar-refractivity contribution in [3.05, 3.63) is 132 Å². The maximum atomic E-state index is 6.37. The monoisotopic (exact) mass is 878 g/mol. The number of pyridine rings is 3. The number of rotatable bonds is 7. The normalized spacial score (nSPS) is 13.3. The van der Waals surface area contributed by atoms with Gasteiger partial charge in [-0.25, -0.2) is 4.98 Å². The Kier molecular flexibility index (Phi) is 11.7. The zero-order chi connectivity index (χ0) is 35.5. The van der Waals surface area contributed by atoms with Gasteiger partial charge in [0.15, 0.2) is 0 Å². The molecule has 3 aromatic carbocycles. The number of furan rings is 1. The first kappa shape index (κ1) is 37.5.